The minimum absolute atomic E-state index is 0.0431. The van der Waals surface area contributed by atoms with E-state index >= 15 is 0 Å². The highest BCUT2D eigenvalue weighted by molar-refractivity contribution is 5.89. The van der Waals surface area contributed by atoms with Crippen LogP contribution >= 0.6 is 0 Å². The highest BCUT2D eigenvalue weighted by Crippen LogP contribution is 2.32. The molecule has 0 aromatic heterocycles. The second kappa shape index (κ2) is 7.21. The predicted molar refractivity (Wildman–Crippen MR) is 91.6 cm³/mol. The molecule has 2 bridgehead atoms. The normalized spacial score (nSPS) is 25.6. The number of rotatable bonds is 4. The Morgan fingerprint density at radius 2 is 2.00 bits per heavy atom. The van der Waals surface area contributed by atoms with Crippen molar-refractivity contribution in [2.45, 2.75) is 32.5 Å². The molecule has 3 atom stereocenters. The minimum atomic E-state index is -0.211. The lowest BCUT2D eigenvalue weighted by molar-refractivity contribution is -0.127. The predicted octanol–water partition coefficient (Wildman–Crippen LogP) is 2.08. The maximum absolute atomic E-state index is 12.4. The number of urea groups is 1. The molecule has 2 aliphatic heterocycles. The summed E-state index contributed by atoms with van der Waals surface area (Å²) in [6, 6.07) is 9.25. The van der Waals surface area contributed by atoms with Crippen molar-refractivity contribution in [2.75, 3.05) is 25.0 Å². The molecule has 3 amide bonds. The Hall–Kier alpha value is -2.08. The fourth-order valence-corrected chi connectivity index (χ4v) is 3.26. The molecule has 1 aromatic rings. The molecular weight excluding hydrogens is 306 g/mol. The summed E-state index contributed by atoms with van der Waals surface area (Å²) in [5, 5.41) is 5.88. The van der Waals surface area contributed by atoms with Gasteiger partial charge in [-0.1, -0.05) is 32.0 Å². The number of anilines is 1. The molecule has 0 spiro atoms. The number of carbonyl (C=O) groups excluding carboxylic acids is 2. The zero-order valence-corrected chi connectivity index (χ0v) is 14.2. The molecule has 2 aliphatic rings. The van der Waals surface area contributed by atoms with E-state index in [9.17, 15) is 9.59 Å². The van der Waals surface area contributed by atoms with E-state index in [1.54, 1.807) is 4.90 Å². The molecule has 2 heterocycles. The summed E-state index contributed by atoms with van der Waals surface area (Å²) in [5.74, 6) is 0.300. The molecule has 0 saturated carbocycles. The van der Waals surface area contributed by atoms with Crippen LogP contribution in [0.4, 0.5) is 10.5 Å². The molecule has 2 N–H and O–H groups in total. The standard InChI is InChI=1S/C18H25N3O3/c1-12(2)9-19-17(22)15-8-14-10-21(11-16(15)24-14)18(23)20-13-6-4-3-5-7-13/h3-7,12,14-16H,8-11H2,1-2H3,(H,19,22)(H,20,23)/t14-,15+,16-/m1/s1. The SMILES string of the molecule is CC(C)CNC(=O)[C@H]1C[C@@H]2CN(C(=O)Nc3ccccc3)C[C@H]1O2. The highest BCUT2D eigenvalue weighted by atomic mass is 16.5. The third-order valence-electron chi connectivity index (χ3n) is 4.49. The fourth-order valence-electron chi connectivity index (χ4n) is 3.26. The first-order valence-corrected chi connectivity index (χ1v) is 8.57. The van der Waals surface area contributed by atoms with Gasteiger partial charge in [-0.3, -0.25) is 4.79 Å². The van der Waals surface area contributed by atoms with Crippen molar-refractivity contribution < 1.29 is 14.3 Å². The van der Waals surface area contributed by atoms with Crippen LogP contribution in [0.2, 0.25) is 0 Å². The van der Waals surface area contributed by atoms with Crippen molar-refractivity contribution in [3.05, 3.63) is 30.3 Å². The van der Waals surface area contributed by atoms with Gasteiger partial charge in [-0.25, -0.2) is 4.79 Å². The Labute approximate surface area is 142 Å². The number of benzene rings is 1. The summed E-state index contributed by atoms with van der Waals surface area (Å²) in [4.78, 5) is 26.5. The number of hydrogen-bond acceptors (Lipinski definition) is 3. The van der Waals surface area contributed by atoms with Crippen LogP contribution in [0.3, 0.4) is 0 Å². The Kier molecular flexibility index (Phi) is 5.04. The maximum Gasteiger partial charge on any atom is 0.322 e. The van der Waals surface area contributed by atoms with Crippen molar-refractivity contribution in [1.82, 2.24) is 10.2 Å². The van der Waals surface area contributed by atoms with Crippen molar-refractivity contribution in [2.24, 2.45) is 11.8 Å². The van der Waals surface area contributed by atoms with Gasteiger partial charge in [0.2, 0.25) is 5.91 Å². The summed E-state index contributed by atoms with van der Waals surface area (Å²) in [7, 11) is 0. The minimum Gasteiger partial charge on any atom is -0.370 e. The lowest BCUT2D eigenvalue weighted by Crippen LogP contribution is -2.49. The van der Waals surface area contributed by atoms with E-state index in [1.807, 2.05) is 30.3 Å². The molecular formula is C18H25N3O3. The topological polar surface area (TPSA) is 70.7 Å². The number of likely N-dealkylation sites (tertiary alicyclic amines) is 1. The highest BCUT2D eigenvalue weighted by Gasteiger charge is 2.45. The second-order valence-electron chi connectivity index (χ2n) is 6.98. The summed E-state index contributed by atoms with van der Waals surface area (Å²) in [5.41, 5.74) is 0.771. The van der Waals surface area contributed by atoms with Crippen LogP contribution in [0.1, 0.15) is 20.3 Å². The average Bonchev–Trinajstić information content (AvgIpc) is 2.87. The van der Waals surface area contributed by atoms with Gasteiger partial charge in [0, 0.05) is 25.3 Å². The smallest absolute Gasteiger partial charge is 0.322 e. The summed E-state index contributed by atoms with van der Waals surface area (Å²) in [6.07, 6.45) is 0.418. The lowest BCUT2D eigenvalue weighted by Gasteiger charge is -2.32. The summed E-state index contributed by atoms with van der Waals surface area (Å²) >= 11 is 0. The first-order valence-electron chi connectivity index (χ1n) is 8.57. The van der Waals surface area contributed by atoms with Gasteiger partial charge in [-0.05, 0) is 24.5 Å². The van der Waals surface area contributed by atoms with Gasteiger partial charge < -0.3 is 20.3 Å². The van der Waals surface area contributed by atoms with Crippen LogP contribution in [-0.4, -0.2) is 48.7 Å². The number of amides is 3. The Morgan fingerprint density at radius 3 is 2.71 bits per heavy atom. The molecule has 0 aliphatic carbocycles. The number of fused-ring (bicyclic) bond motifs is 2. The number of hydrogen-bond donors (Lipinski definition) is 2. The zero-order chi connectivity index (χ0) is 17.1. The molecule has 0 unspecified atom stereocenters. The van der Waals surface area contributed by atoms with Gasteiger partial charge in [0.25, 0.3) is 0 Å². The third-order valence-corrected chi connectivity index (χ3v) is 4.49. The van der Waals surface area contributed by atoms with Gasteiger partial charge >= 0.3 is 6.03 Å². The van der Waals surface area contributed by atoms with E-state index in [0.29, 0.717) is 32.0 Å². The van der Waals surface area contributed by atoms with E-state index in [2.05, 4.69) is 24.5 Å². The van der Waals surface area contributed by atoms with Crippen molar-refractivity contribution in [3.8, 4) is 0 Å². The lowest BCUT2D eigenvalue weighted by atomic mass is 9.99. The van der Waals surface area contributed by atoms with Crippen LogP contribution < -0.4 is 10.6 Å². The van der Waals surface area contributed by atoms with Crippen LogP contribution in [-0.2, 0) is 9.53 Å². The molecule has 6 nitrogen and oxygen atoms in total. The molecule has 2 fully saturated rings. The summed E-state index contributed by atoms with van der Waals surface area (Å²) in [6.45, 7) is 5.79. The Balaban J connectivity index is 1.57. The van der Waals surface area contributed by atoms with Gasteiger partial charge in [0.15, 0.2) is 0 Å². The van der Waals surface area contributed by atoms with E-state index in [4.69, 9.17) is 4.74 Å². The quantitative estimate of drug-likeness (QED) is 0.887. The molecule has 0 radical (unpaired) electrons. The van der Waals surface area contributed by atoms with Gasteiger partial charge in [-0.2, -0.15) is 0 Å². The first-order chi connectivity index (χ1) is 11.5. The fraction of sp³-hybridized carbons (Fsp3) is 0.556. The van der Waals surface area contributed by atoms with Gasteiger partial charge in [-0.15, -0.1) is 0 Å². The van der Waals surface area contributed by atoms with E-state index in [-0.39, 0.29) is 30.1 Å². The molecule has 3 rings (SSSR count). The third kappa shape index (κ3) is 3.87. The number of para-hydroxylation sites is 1. The van der Waals surface area contributed by atoms with Gasteiger partial charge in [0.05, 0.1) is 18.1 Å². The van der Waals surface area contributed by atoms with Crippen LogP contribution in [0, 0.1) is 11.8 Å². The van der Waals surface area contributed by atoms with Crippen molar-refractivity contribution in [3.63, 3.8) is 0 Å². The molecule has 1 aromatic carbocycles. The first kappa shape index (κ1) is 16.8. The van der Waals surface area contributed by atoms with Crippen LogP contribution in [0.25, 0.3) is 0 Å². The second-order valence-corrected chi connectivity index (χ2v) is 6.98. The Bertz CT molecular complexity index is 590. The van der Waals surface area contributed by atoms with Crippen molar-refractivity contribution >= 4 is 17.6 Å². The number of ether oxygens (including phenoxy) is 1. The van der Waals surface area contributed by atoms with Crippen molar-refractivity contribution in [1.29, 1.82) is 0 Å². The van der Waals surface area contributed by atoms with Crippen LogP contribution in [0.15, 0.2) is 30.3 Å². The molecule has 24 heavy (non-hydrogen) atoms. The maximum atomic E-state index is 12.4. The van der Waals surface area contributed by atoms with E-state index < -0.39 is 0 Å². The zero-order valence-electron chi connectivity index (χ0n) is 14.2. The van der Waals surface area contributed by atoms with Crippen LogP contribution in [0.5, 0.6) is 0 Å². The molecule has 6 heteroatoms. The monoisotopic (exact) mass is 331 g/mol. The number of nitrogens with zero attached hydrogens (tertiary/aromatic N) is 1. The Morgan fingerprint density at radius 1 is 1.25 bits per heavy atom. The van der Waals surface area contributed by atoms with Gasteiger partial charge in [0.1, 0.15) is 0 Å². The number of nitrogens with one attached hydrogen (secondary N) is 2. The molecule has 130 valence electrons. The number of morpholine rings is 1. The molecule has 2 saturated heterocycles. The summed E-state index contributed by atoms with van der Waals surface area (Å²) < 4.78 is 5.89. The number of carbonyl (C=O) groups is 2. The van der Waals surface area contributed by atoms with E-state index in [1.165, 1.54) is 0 Å². The largest absolute Gasteiger partial charge is 0.370 e. The van der Waals surface area contributed by atoms with E-state index in [0.717, 1.165) is 5.69 Å². The average molecular weight is 331 g/mol.